The monoisotopic (exact) mass is 803 g/mol. The molecule has 1 nitrogen and oxygen atoms in total. The predicted octanol–water partition coefficient (Wildman–Crippen LogP) is 16.3. The molecule has 0 bridgehead atoms. The summed E-state index contributed by atoms with van der Waals surface area (Å²) in [6, 6.07) is 87.7. The molecule has 0 heterocycles. The molecule has 298 valence electrons. The number of hydrogen-bond donors (Lipinski definition) is 0. The van der Waals surface area contributed by atoms with E-state index in [0.29, 0.717) is 0 Å². The minimum absolute atomic E-state index is 0.170. The normalized spacial score (nSPS) is 13.8. The predicted molar refractivity (Wildman–Crippen MR) is 264 cm³/mol. The van der Waals surface area contributed by atoms with Gasteiger partial charge in [0, 0.05) is 22.4 Å². The molecule has 0 fully saturated rings. The molecule has 2 aliphatic carbocycles. The molecular weight excluding hydrogens is 759 g/mol. The van der Waals surface area contributed by atoms with Gasteiger partial charge in [-0.1, -0.05) is 220 Å². The number of benzene rings is 10. The van der Waals surface area contributed by atoms with Crippen LogP contribution in [-0.2, 0) is 10.8 Å². The summed E-state index contributed by atoms with van der Waals surface area (Å²) in [5, 5.41) is 2.61. The molecule has 2 aliphatic rings. The van der Waals surface area contributed by atoms with Crippen LogP contribution in [0.2, 0.25) is 0 Å². The Morgan fingerprint density at radius 1 is 0.349 bits per heavy atom. The van der Waals surface area contributed by atoms with E-state index in [1.54, 1.807) is 0 Å². The quantitative estimate of drug-likeness (QED) is 0.155. The Morgan fingerprint density at radius 2 is 0.889 bits per heavy atom. The van der Waals surface area contributed by atoms with Crippen LogP contribution in [0.4, 0.5) is 17.1 Å². The fourth-order valence-corrected chi connectivity index (χ4v) is 11.2. The van der Waals surface area contributed by atoms with Gasteiger partial charge in [-0.2, -0.15) is 0 Å². The van der Waals surface area contributed by atoms with Crippen molar-refractivity contribution in [3.63, 3.8) is 0 Å². The maximum absolute atomic E-state index is 2.49. The first-order valence-electron chi connectivity index (χ1n) is 22.1. The van der Waals surface area contributed by atoms with E-state index in [-0.39, 0.29) is 5.41 Å². The first kappa shape index (κ1) is 37.1. The van der Waals surface area contributed by atoms with Crippen molar-refractivity contribution in [2.24, 2.45) is 0 Å². The number of para-hydroxylation sites is 1. The van der Waals surface area contributed by atoms with Crippen molar-refractivity contribution < 1.29 is 0 Å². The van der Waals surface area contributed by atoms with Crippen molar-refractivity contribution in [1.29, 1.82) is 0 Å². The molecule has 0 N–H and O–H groups in total. The summed E-state index contributed by atoms with van der Waals surface area (Å²) < 4.78 is 0. The molecule has 0 saturated heterocycles. The van der Waals surface area contributed by atoms with Crippen LogP contribution in [0.5, 0.6) is 0 Å². The van der Waals surface area contributed by atoms with Crippen LogP contribution in [0.25, 0.3) is 55.3 Å². The second-order valence-corrected chi connectivity index (χ2v) is 17.6. The molecule has 0 atom stereocenters. The van der Waals surface area contributed by atoms with Gasteiger partial charge in [0.1, 0.15) is 0 Å². The molecule has 10 aromatic rings. The highest BCUT2D eigenvalue weighted by Gasteiger charge is 2.46. The SMILES string of the molecule is CC1(C)c2cccc(-c3ccccc3N(c3ccc(-c4ccccc4)cc3)c3ccc4c(c3)C(c3ccccc3)(c3ccccc3)c3ccccc3-4)c2-c2ccc3ccccc3c21. The third kappa shape index (κ3) is 5.56. The lowest BCUT2D eigenvalue weighted by Crippen LogP contribution is -2.28. The van der Waals surface area contributed by atoms with E-state index >= 15 is 0 Å². The lowest BCUT2D eigenvalue weighted by atomic mass is 9.67. The number of nitrogens with zero attached hydrogens (tertiary/aromatic N) is 1. The smallest absolute Gasteiger partial charge is 0.0714 e. The van der Waals surface area contributed by atoms with Crippen molar-refractivity contribution in [3.05, 3.63) is 270 Å². The second kappa shape index (κ2) is 14.4. The van der Waals surface area contributed by atoms with Crippen molar-refractivity contribution in [1.82, 2.24) is 0 Å². The average Bonchev–Trinajstić information content (AvgIpc) is 3.78. The molecule has 0 amide bonds. The zero-order chi connectivity index (χ0) is 42.1. The van der Waals surface area contributed by atoms with Crippen LogP contribution in [0.1, 0.15) is 47.2 Å². The molecule has 0 aromatic heterocycles. The summed E-state index contributed by atoms with van der Waals surface area (Å²) >= 11 is 0. The Balaban J connectivity index is 1.12. The maximum Gasteiger partial charge on any atom is 0.0714 e. The van der Waals surface area contributed by atoms with Gasteiger partial charge in [0.15, 0.2) is 0 Å². The van der Waals surface area contributed by atoms with E-state index in [0.717, 1.165) is 17.1 Å². The van der Waals surface area contributed by atoms with Crippen LogP contribution in [0.15, 0.2) is 237 Å². The highest BCUT2D eigenvalue weighted by molar-refractivity contribution is 6.04. The van der Waals surface area contributed by atoms with E-state index in [1.165, 1.54) is 88.7 Å². The molecule has 12 rings (SSSR count). The molecule has 63 heavy (non-hydrogen) atoms. The zero-order valence-corrected chi connectivity index (χ0v) is 35.5. The third-order valence-electron chi connectivity index (χ3n) is 13.9. The second-order valence-electron chi connectivity index (χ2n) is 17.6. The van der Waals surface area contributed by atoms with E-state index < -0.39 is 5.41 Å². The Hall–Kier alpha value is -7.74. The molecule has 0 unspecified atom stereocenters. The molecule has 10 aromatic carbocycles. The standard InChI is InChI=1S/C62H45N/c1-61(2)56-31-18-29-53(59(56)54-39-35-44-21-12-13-26-49(44)60(54)61)52-28-15-17-32-58(52)63(47-36-33-43(34-37-47)42-19-6-3-7-20-42)48-38-40-51-50-27-14-16-30-55(50)62(57(51)41-48,45-22-8-4-9-23-45)46-24-10-5-11-25-46/h3-41H,1-2H3. The fraction of sp³-hybridized carbons (Fsp3) is 0.0645. The van der Waals surface area contributed by atoms with Crippen LogP contribution in [0.3, 0.4) is 0 Å². The van der Waals surface area contributed by atoms with Gasteiger partial charge in [-0.3, -0.25) is 0 Å². The summed E-state index contributed by atoms with van der Waals surface area (Å²) in [4.78, 5) is 2.49. The zero-order valence-electron chi connectivity index (χ0n) is 35.5. The largest absolute Gasteiger partial charge is 0.310 e. The third-order valence-corrected chi connectivity index (χ3v) is 13.9. The minimum Gasteiger partial charge on any atom is -0.310 e. The van der Waals surface area contributed by atoms with E-state index in [4.69, 9.17) is 0 Å². The van der Waals surface area contributed by atoms with Gasteiger partial charge < -0.3 is 4.90 Å². The first-order chi connectivity index (χ1) is 31.0. The lowest BCUT2D eigenvalue weighted by Gasteiger charge is -2.35. The number of hydrogen-bond acceptors (Lipinski definition) is 1. The topological polar surface area (TPSA) is 3.24 Å². The Morgan fingerprint density at radius 3 is 1.63 bits per heavy atom. The van der Waals surface area contributed by atoms with Gasteiger partial charge in [0.2, 0.25) is 0 Å². The van der Waals surface area contributed by atoms with Crippen LogP contribution in [0, 0.1) is 0 Å². The van der Waals surface area contributed by atoms with Crippen LogP contribution >= 0.6 is 0 Å². The minimum atomic E-state index is -0.523. The highest BCUT2D eigenvalue weighted by atomic mass is 15.1. The molecule has 0 saturated carbocycles. The van der Waals surface area contributed by atoms with Gasteiger partial charge >= 0.3 is 0 Å². The van der Waals surface area contributed by atoms with E-state index in [1.807, 2.05) is 0 Å². The Kier molecular flexibility index (Phi) is 8.49. The summed E-state index contributed by atoms with van der Waals surface area (Å²) in [5.41, 5.74) is 20.5. The number of rotatable bonds is 7. The maximum atomic E-state index is 2.49. The van der Waals surface area contributed by atoms with Gasteiger partial charge in [0.25, 0.3) is 0 Å². The van der Waals surface area contributed by atoms with Gasteiger partial charge in [-0.25, -0.2) is 0 Å². The molecule has 1 heteroatoms. The van der Waals surface area contributed by atoms with Gasteiger partial charge in [-0.15, -0.1) is 0 Å². The molecule has 0 radical (unpaired) electrons. The Bertz CT molecular complexity index is 3310. The van der Waals surface area contributed by atoms with Crippen molar-refractivity contribution in [2.45, 2.75) is 24.7 Å². The van der Waals surface area contributed by atoms with E-state index in [2.05, 4.69) is 255 Å². The van der Waals surface area contributed by atoms with Crippen molar-refractivity contribution >= 4 is 27.8 Å². The summed E-state index contributed by atoms with van der Waals surface area (Å²) in [6.07, 6.45) is 0. The van der Waals surface area contributed by atoms with Crippen LogP contribution in [-0.4, -0.2) is 0 Å². The van der Waals surface area contributed by atoms with Crippen molar-refractivity contribution in [3.8, 4) is 44.5 Å². The number of anilines is 3. The molecule has 0 aliphatic heterocycles. The summed E-state index contributed by atoms with van der Waals surface area (Å²) in [7, 11) is 0. The Labute approximate surface area is 370 Å². The van der Waals surface area contributed by atoms with Gasteiger partial charge in [-0.05, 0) is 113 Å². The number of fused-ring (bicyclic) bond motifs is 8. The highest BCUT2D eigenvalue weighted by Crippen LogP contribution is 2.59. The van der Waals surface area contributed by atoms with Crippen LogP contribution < -0.4 is 4.90 Å². The summed E-state index contributed by atoms with van der Waals surface area (Å²) in [5.74, 6) is 0. The molecule has 0 spiro atoms. The van der Waals surface area contributed by atoms with Gasteiger partial charge in [0.05, 0.1) is 11.1 Å². The fourth-order valence-electron chi connectivity index (χ4n) is 11.2. The summed E-state index contributed by atoms with van der Waals surface area (Å²) in [6.45, 7) is 4.79. The lowest BCUT2D eigenvalue weighted by molar-refractivity contribution is 0.666. The van der Waals surface area contributed by atoms with Crippen molar-refractivity contribution in [2.75, 3.05) is 4.90 Å². The molecular formula is C62H45N. The average molecular weight is 804 g/mol. The first-order valence-corrected chi connectivity index (χ1v) is 22.1. The van der Waals surface area contributed by atoms with E-state index in [9.17, 15) is 0 Å².